The van der Waals surface area contributed by atoms with E-state index in [1.807, 2.05) is 37.3 Å². The average Bonchev–Trinajstić information content (AvgIpc) is 2.79. The summed E-state index contributed by atoms with van der Waals surface area (Å²) in [7, 11) is 0. The summed E-state index contributed by atoms with van der Waals surface area (Å²) in [5.74, 6) is 0.545. The molecule has 19 heavy (non-hydrogen) atoms. The van der Waals surface area contributed by atoms with Gasteiger partial charge in [0.1, 0.15) is 5.76 Å². The molecule has 0 saturated carbocycles. The van der Waals surface area contributed by atoms with Gasteiger partial charge in [-0.15, -0.1) is 0 Å². The molecule has 0 bridgehead atoms. The van der Waals surface area contributed by atoms with Crippen LogP contribution in [0.25, 0.3) is 0 Å². The highest BCUT2D eigenvalue weighted by Gasteiger charge is 2.02. The highest BCUT2D eigenvalue weighted by Crippen LogP contribution is 2.28. The van der Waals surface area contributed by atoms with E-state index in [-0.39, 0.29) is 0 Å². The van der Waals surface area contributed by atoms with Crippen LogP contribution in [0.5, 0.6) is 0 Å². The van der Waals surface area contributed by atoms with E-state index in [9.17, 15) is 4.79 Å². The molecule has 0 unspecified atom stereocenters. The van der Waals surface area contributed by atoms with Gasteiger partial charge in [0.15, 0.2) is 5.09 Å². The topological polar surface area (TPSA) is 80.6 Å². The predicted octanol–water partition coefficient (Wildman–Crippen LogP) is 2.74. The number of furan rings is 1. The molecular weight excluding hydrogens is 262 g/mol. The summed E-state index contributed by atoms with van der Waals surface area (Å²) in [5.41, 5.74) is 8.20. The standard InChI is InChI=1S/C13H13N3O2S/c1-9-2-5-11(6-3-9)19-12-7-4-10(18-12)8-15-16-13(14)17/h2-8H,1H3,(H3,14,16,17). The molecule has 0 aliphatic carbocycles. The molecule has 0 saturated heterocycles. The van der Waals surface area contributed by atoms with E-state index in [2.05, 4.69) is 10.5 Å². The maximum absolute atomic E-state index is 10.4. The second-order valence-corrected chi connectivity index (χ2v) is 4.88. The Kier molecular flexibility index (Phi) is 4.25. The van der Waals surface area contributed by atoms with Gasteiger partial charge in [0.2, 0.25) is 0 Å². The van der Waals surface area contributed by atoms with E-state index in [4.69, 9.17) is 10.2 Å². The van der Waals surface area contributed by atoms with Crippen LogP contribution in [-0.2, 0) is 0 Å². The first-order valence-corrected chi connectivity index (χ1v) is 6.38. The van der Waals surface area contributed by atoms with Gasteiger partial charge in [-0.05, 0) is 31.2 Å². The number of carbonyl (C=O) groups is 1. The van der Waals surface area contributed by atoms with Crippen LogP contribution in [0, 0.1) is 6.92 Å². The number of nitrogens with zero attached hydrogens (tertiary/aromatic N) is 1. The van der Waals surface area contributed by atoms with Crippen molar-refractivity contribution in [2.24, 2.45) is 10.8 Å². The fraction of sp³-hybridized carbons (Fsp3) is 0.0769. The summed E-state index contributed by atoms with van der Waals surface area (Å²) in [5, 5.41) is 4.37. The number of rotatable bonds is 4. The van der Waals surface area contributed by atoms with Crippen LogP contribution in [0.3, 0.4) is 0 Å². The Balaban J connectivity index is 1.99. The highest BCUT2D eigenvalue weighted by atomic mass is 32.2. The smallest absolute Gasteiger partial charge is 0.332 e. The molecule has 5 nitrogen and oxygen atoms in total. The molecule has 0 aliphatic heterocycles. The third-order valence-electron chi connectivity index (χ3n) is 2.21. The number of aryl methyl sites for hydroxylation is 1. The van der Waals surface area contributed by atoms with Crippen LogP contribution in [-0.4, -0.2) is 12.2 Å². The van der Waals surface area contributed by atoms with Gasteiger partial charge in [-0.25, -0.2) is 10.2 Å². The largest absolute Gasteiger partial charge is 0.448 e. The van der Waals surface area contributed by atoms with Crippen LogP contribution < -0.4 is 11.2 Å². The minimum absolute atomic E-state index is 0.545. The van der Waals surface area contributed by atoms with Crippen LogP contribution in [0.15, 0.2) is 55.9 Å². The molecule has 1 aromatic heterocycles. The van der Waals surface area contributed by atoms with Gasteiger partial charge >= 0.3 is 6.03 Å². The maximum Gasteiger partial charge on any atom is 0.332 e. The third-order valence-corrected chi connectivity index (χ3v) is 3.14. The Morgan fingerprint density at radius 3 is 2.74 bits per heavy atom. The number of benzene rings is 1. The molecule has 0 spiro atoms. The van der Waals surface area contributed by atoms with Gasteiger partial charge in [0, 0.05) is 4.90 Å². The first kappa shape index (κ1) is 13.2. The number of amides is 2. The Labute approximate surface area is 114 Å². The van der Waals surface area contributed by atoms with Crippen LogP contribution >= 0.6 is 11.8 Å². The van der Waals surface area contributed by atoms with E-state index in [1.165, 1.54) is 23.5 Å². The minimum atomic E-state index is -0.711. The number of nitrogens with one attached hydrogen (secondary N) is 1. The number of urea groups is 1. The Hall–Kier alpha value is -2.21. The van der Waals surface area contributed by atoms with Crippen LogP contribution in [0.1, 0.15) is 11.3 Å². The van der Waals surface area contributed by atoms with Crippen molar-refractivity contribution >= 4 is 24.0 Å². The maximum atomic E-state index is 10.4. The number of nitrogens with two attached hydrogens (primary N) is 1. The van der Waals surface area contributed by atoms with Gasteiger partial charge in [-0.3, -0.25) is 0 Å². The van der Waals surface area contributed by atoms with Crippen molar-refractivity contribution in [2.45, 2.75) is 16.9 Å². The first-order chi connectivity index (χ1) is 9.13. The average molecular weight is 275 g/mol. The molecule has 6 heteroatoms. The molecule has 0 radical (unpaired) electrons. The van der Waals surface area contributed by atoms with Gasteiger partial charge in [0.05, 0.1) is 6.21 Å². The molecule has 2 amide bonds. The van der Waals surface area contributed by atoms with Crippen molar-refractivity contribution in [3.8, 4) is 0 Å². The van der Waals surface area contributed by atoms with E-state index < -0.39 is 6.03 Å². The minimum Gasteiger partial charge on any atom is -0.448 e. The molecular formula is C13H13N3O2S. The van der Waals surface area contributed by atoms with E-state index >= 15 is 0 Å². The predicted molar refractivity (Wildman–Crippen MR) is 74.3 cm³/mol. The summed E-state index contributed by atoms with van der Waals surface area (Å²) < 4.78 is 5.52. The van der Waals surface area contributed by atoms with Gasteiger partial charge in [-0.2, -0.15) is 5.10 Å². The summed E-state index contributed by atoms with van der Waals surface area (Å²) in [6.45, 7) is 2.04. The number of hydrogen-bond donors (Lipinski definition) is 2. The van der Waals surface area contributed by atoms with Gasteiger partial charge in [-0.1, -0.05) is 29.5 Å². The lowest BCUT2D eigenvalue weighted by atomic mass is 10.2. The number of carbonyl (C=O) groups excluding carboxylic acids is 1. The molecule has 1 aromatic carbocycles. The van der Waals surface area contributed by atoms with Crippen molar-refractivity contribution in [1.29, 1.82) is 0 Å². The zero-order chi connectivity index (χ0) is 13.7. The van der Waals surface area contributed by atoms with E-state index in [1.54, 1.807) is 6.07 Å². The lowest BCUT2D eigenvalue weighted by Crippen LogP contribution is -2.24. The first-order valence-electron chi connectivity index (χ1n) is 5.56. The SMILES string of the molecule is Cc1ccc(Sc2ccc(C=NNC(N)=O)o2)cc1. The normalized spacial score (nSPS) is 10.8. The quantitative estimate of drug-likeness (QED) is 0.665. The van der Waals surface area contributed by atoms with Crippen molar-refractivity contribution in [1.82, 2.24) is 5.43 Å². The Bertz CT molecular complexity index is 590. The lowest BCUT2D eigenvalue weighted by Gasteiger charge is -1.98. The number of hydrazone groups is 1. The zero-order valence-corrected chi connectivity index (χ0v) is 11.1. The van der Waals surface area contributed by atoms with Crippen molar-refractivity contribution in [3.63, 3.8) is 0 Å². The highest BCUT2D eigenvalue weighted by molar-refractivity contribution is 7.99. The Morgan fingerprint density at radius 2 is 2.05 bits per heavy atom. The summed E-state index contributed by atoms with van der Waals surface area (Å²) >= 11 is 1.52. The molecule has 0 atom stereocenters. The lowest BCUT2D eigenvalue weighted by molar-refractivity contribution is 0.249. The van der Waals surface area contributed by atoms with Crippen LogP contribution in [0.2, 0.25) is 0 Å². The van der Waals surface area contributed by atoms with E-state index in [0.29, 0.717) is 5.76 Å². The molecule has 98 valence electrons. The third kappa shape index (κ3) is 4.18. The summed E-state index contributed by atoms with van der Waals surface area (Å²) in [6, 6.07) is 11.1. The molecule has 2 rings (SSSR count). The summed E-state index contributed by atoms with van der Waals surface area (Å²) in [4.78, 5) is 11.5. The van der Waals surface area contributed by atoms with Gasteiger partial charge < -0.3 is 10.2 Å². The molecule has 2 aromatic rings. The number of hydrogen-bond acceptors (Lipinski definition) is 4. The summed E-state index contributed by atoms with van der Waals surface area (Å²) in [6.07, 6.45) is 1.39. The second-order valence-electron chi connectivity index (χ2n) is 3.81. The molecule has 3 N–H and O–H groups in total. The fourth-order valence-corrected chi connectivity index (χ4v) is 2.12. The van der Waals surface area contributed by atoms with Crippen LogP contribution in [0.4, 0.5) is 4.79 Å². The van der Waals surface area contributed by atoms with Crippen molar-refractivity contribution in [2.75, 3.05) is 0 Å². The zero-order valence-electron chi connectivity index (χ0n) is 10.3. The monoisotopic (exact) mass is 275 g/mol. The van der Waals surface area contributed by atoms with Gasteiger partial charge in [0.25, 0.3) is 0 Å². The Morgan fingerprint density at radius 1 is 1.32 bits per heavy atom. The second kappa shape index (κ2) is 6.10. The molecule has 0 fully saturated rings. The van der Waals surface area contributed by atoms with Crippen molar-refractivity contribution in [3.05, 3.63) is 47.7 Å². The molecule has 1 heterocycles. The number of primary amides is 1. The van der Waals surface area contributed by atoms with E-state index in [0.717, 1.165) is 9.99 Å². The fourth-order valence-electron chi connectivity index (χ4n) is 1.34. The van der Waals surface area contributed by atoms with Crippen molar-refractivity contribution < 1.29 is 9.21 Å². The molecule has 0 aliphatic rings.